The Labute approximate surface area is 106 Å². The molecule has 104 valence electrons. The molecular formula is C11H10F3NO4. The Balaban J connectivity index is 3.66. The highest BCUT2D eigenvalue weighted by Crippen LogP contribution is 2.40. The van der Waals surface area contributed by atoms with Crippen LogP contribution in [-0.4, -0.2) is 17.3 Å². The van der Waals surface area contributed by atoms with Gasteiger partial charge in [-0.25, -0.2) is 0 Å². The molecule has 8 heteroatoms. The molecule has 0 radical (unpaired) electrons. The SMILES string of the molecule is CCOc1cc(C(C)=O)c([N+](=O)[O-])c(C(F)(F)F)c1. The molecule has 0 N–H and O–H groups in total. The van der Waals surface area contributed by atoms with Gasteiger partial charge in [-0.2, -0.15) is 13.2 Å². The lowest BCUT2D eigenvalue weighted by Gasteiger charge is -2.12. The molecule has 0 amide bonds. The number of hydrogen-bond donors (Lipinski definition) is 0. The second-order valence-corrected chi connectivity index (χ2v) is 3.61. The Morgan fingerprint density at radius 2 is 2.00 bits per heavy atom. The first kappa shape index (κ1) is 14.9. The van der Waals surface area contributed by atoms with E-state index in [1.807, 2.05) is 0 Å². The third kappa shape index (κ3) is 3.21. The molecule has 0 atom stereocenters. The summed E-state index contributed by atoms with van der Waals surface area (Å²) in [5.41, 5.74) is -3.36. The minimum absolute atomic E-state index is 0.0758. The predicted molar refractivity (Wildman–Crippen MR) is 59.3 cm³/mol. The van der Waals surface area contributed by atoms with Gasteiger partial charge < -0.3 is 4.74 Å². The summed E-state index contributed by atoms with van der Waals surface area (Å²) in [4.78, 5) is 20.8. The van der Waals surface area contributed by atoms with Crippen molar-refractivity contribution in [3.05, 3.63) is 33.4 Å². The number of carbonyl (C=O) groups excluding carboxylic acids is 1. The van der Waals surface area contributed by atoms with E-state index < -0.39 is 33.7 Å². The number of nitro benzene ring substituents is 1. The second-order valence-electron chi connectivity index (χ2n) is 3.61. The average Bonchev–Trinajstić information content (AvgIpc) is 2.26. The Morgan fingerprint density at radius 1 is 1.42 bits per heavy atom. The van der Waals surface area contributed by atoms with Gasteiger partial charge in [0.25, 0.3) is 5.69 Å². The molecule has 1 aromatic rings. The lowest BCUT2D eigenvalue weighted by atomic mass is 10.0. The van der Waals surface area contributed by atoms with Gasteiger partial charge in [0.05, 0.1) is 17.1 Å². The summed E-state index contributed by atoms with van der Waals surface area (Å²) in [7, 11) is 0. The Morgan fingerprint density at radius 3 is 2.37 bits per heavy atom. The van der Waals surface area contributed by atoms with Crippen LogP contribution in [0, 0.1) is 10.1 Å². The molecule has 0 heterocycles. The van der Waals surface area contributed by atoms with E-state index in [0.717, 1.165) is 13.0 Å². The van der Waals surface area contributed by atoms with Gasteiger partial charge >= 0.3 is 6.18 Å². The van der Waals surface area contributed by atoms with Crippen LogP contribution in [0.25, 0.3) is 0 Å². The van der Waals surface area contributed by atoms with Crippen LogP contribution in [0.1, 0.15) is 29.8 Å². The third-order valence-corrected chi connectivity index (χ3v) is 2.26. The van der Waals surface area contributed by atoms with Crippen molar-refractivity contribution in [2.24, 2.45) is 0 Å². The first-order valence-electron chi connectivity index (χ1n) is 5.21. The molecule has 19 heavy (non-hydrogen) atoms. The molecule has 0 aliphatic heterocycles. The fraction of sp³-hybridized carbons (Fsp3) is 0.364. The zero-order valence-electron chi connectivity index (χ0n) is 10.1. The molecule has 0 bridgehead atoms. The average molecular weight is 277 g/mol. The van der Waals surface area contributed by atoms with Crippen LogP contribution in [0.4, 0.5) is 18.9 Å². The number of ketones is 1. The van der Waals surface area contributed by atoms with Crippen molar-refractivity contribution in [3.8, 4) is 5.75 Å². The first-order valence-corrected chi connectivity index (χ1v) is 5.21. The highest BCUT2D eigenvalue weighted by Gasteiger charge is 2.41. The largest absolute Gasteiger partial charge is 0.494 e. The van der Waals surface area contributed by atoms with E-state index in [1.54, 1.807) is 6.92 Å². The smallest absolute Gasteiger partial charge is 0.423 e. The van der Waals surface area contributed by atoms with Crippen molar-refractivity contribution in [1.29, 1.82) is 0 Å². The van der Waals surface area contributed by atoms with Gasteiger partial charge in [0.15, 0.2) is 5.78 Å². The van der Waals surface area contributed by atoms with Crippen LogP contribution < -0.4 is 4.74 Å². The molecule has 1 rings (SSSR count). The van der Waals surface area contributed by atoms with E-state index in [4.69, 9.17) is 4.74 Å². The van der Waals surface area contributed by atoms with Crippen molar-refractivity contribution >= 4 is 11.5 Å². The van der Waals surface area contributed by atoms with Crippen LogP contribution in [0.15, 0.2) is 12.1 Å². The van der Waals surface area contributed by atoms with Crippen LogP contribution in [0.5, 0.6) is 5.75 Å². The van der Waals surface area contributed by atoms with E-state index in [1.165, 1.54) is 0 Å². The summed E-state index contributed by atoms with van der Waals surface area (Å²) in [5.74, 6) is -1.07. The normalized spacial score (nSPS) is 11.2. The molecule has 1 aromatic carbocycles. The lowest BCUT2D eigenvalue weighted by Crippen LogP contribution is -2.13. The molecule has 0 saturated heterocycles. The van der Waals surface area contributed by atoms with Crippen LogP contribution >= 0.6 is 0 Å². The monoisotopic (exact) mass is 277 g/mol. The van der Waals surface area contributed by atoms with Crippen molar-refractivity contribution in [1.82, 2.24) is 0 Å². The Kier molecular flexibility index (Phi) is 4.13. The maximum Gasteiger partial charge on any atom is 0.423 e. The van der Waals surface area contributed by atoms with E-state index in [9.17, 15) is 28.1 Å². The zero-order chi connectivity index (χ0) is 14.8. The number of alkyl halides is 3. The maximum absolute atomic E-state index is 12.8. The van der Waals surface area contributed by atoms with Crippen molar-refractivity contribution < 1.29 is 27.6 Å². The number of carbonyl (C=O) groups is 1. The van der Waals surface area contributed by atoms with Crippen LogP contribution in [-0.2, 0) is 6.18 Å². The maximum atomic E-state index is 12.8. The van der Waals surface area contributed by atoms with Gasteiger partial charge in [0.1, 0.15) is 11.3 Å². The summed E-state index contributed by atoms with van der Waals surface area (Å²) in [6.45, 7) is 2.58. The predicted octanol–water partition coefficient (Wildman–Crippen LogP) is 3.21. The van der Waals surface area contributed by atoms with Gasteiger partial charge in [-0.15, -0.1) is 0 Å². The number of benzene rings is 1. The molecule has 0 aromatic heterocycles. The fourth-order valence-electron chi connectivity index (χ4n) is 1.54. The van der Waals surface area contributed by atoms with Gasteiger partial charge in [0.2, 0.25) is 0 Å². The Bertz CT molecular complexity index is 525. The molecule has 0 fully saturated rings. The molecule has 0 unspecified atom stereocenters. The van der Waals surface area contributed by atoms with Crippen molar-refractivity contribution in [2.75, 3.05) is 6.61 Å². The number of Topliss-reactive ketones (excluding diaryl/α,β-unsaturated/α-hetero) is 1. The molecule has 0 spiro atoms. The van der Waals surface area contributed by atoms with Gasteiger partial charge in [-0.3, -0.25) is 14.9 Å². The molecule has 0 saturated carbocycles. The van der Waals surface area contributed by atoms with E-state index in [-0.39, 0.29) is 12.4 Å². The minimum atomic E-state index is -4.94. The second kappa shape index (κ2) is 5.25. The van der Waals surface area contributed by atoms with E-state index in [0.29, 0.717) is 6.07 Å². The number of nitro groups is 1. The van der Waals surface area contributed by atoms with Crippen LogP contribution in [0.2, 0.25) is 0 Å². The topological polar surface area (TPSA) is 69.4 Å². The molecule has 0 aliphatic carbocycles. The van der Waals surface area contributed by atoms with E-state index in [2.05, 4.69) is 0 Å². The number of hydrogen-bond acceptors (Lipinski definition) is 4. The van der Waals surface area contributed by atoms with E-state index >= 15 is 0 Å². The van der Waals surface area contributed by atoms with Crippen molar-refractivity contribution in [2.45, 2.75) is 20.0 Å². The number of nitrogens with zero attached hydrogens (tertiary/aromatic N) is 1. The molecular weight excluding hydrogens is 267 g/mol. The van der Waals surface area contributed by atoms with Gasteiger partial charge in [-0.05, 0) is 26.0 Å². The lowest BCUT2D eigenvalue weighted by molar-refractivity contribution is -0.388. The molecule has 0 aliphatic rings. The highest BCUT2D eigenvalue weighted by atomic mass is 19.4. The summed E-state index contributed by atoms with van der Waals surface area (Å²) in [5, 5.41) is 10.8. The number of rotatable bonds is 4. The van der Waals surface area contributed by atoms with Gasteiger partial charge in [-0.1, -0.05) is 0 Å². The quantitative estimate of drug-likeness (QED) is 0.481. The summed E-state index contributed by atoms with van der Waals surface area (Å²) in [6, 6.07) is 1.47. The summed E-state index contributed by atoms with van der Waals surface area (Å²) >= 11 is 0. The summed E-state index contributed by atoms with van der Waals surface area (Å²) in [6.07, 6.45) is -4.94. The third-order valence-electron chi connectivity index (χ3n) is 2.26. The Hall–Kier alpha value is -2.12. The zero-order valence-corrected chi connectivity index (χ0v) is 10.1. The van der Waals surface area contributed by atoms with Crippen molar-refractivity contribution in [3.63, 3.8) is 0 Å². The molecule has 5 nitrogen and oxygen atoms in total. The minimum Gasteiger partial charge on any atom is -0.494 e. The number of halogens is 3. The van der Waals surface area contributed by atoms with Gasteiger partial charge in [0, 0.05) is 0 Å². The fourth-order valence-corrected chi connectivity index (χ4v) is 1.54. The summed E-state index contributed by atoms with van der Waals surface area (Å²) < 4.78 is 43.3. The standard InChI is InChI=1S/C11H10F3NO4/c1-3-19-7-4-8(6(2)16)10(15(17)18)9(5-7)11(12,13)14/h4-5H,3H2,1-2H3. The number of ether oxygens (including phenoxy) is 1. The first-order chi connectivity index (χ1) is 8.68. The highest BCUT2D eigenvalue weighted by molar-refractivity contribution is 5.99. The van der Waals surface area contributed by atoms with Crippen LogP contribution in [0.3, 0.4) is 0 Å².